The van der Waals surface area contributed by atoms with E-state index in [4.69, 9.17) is 16.3 Å². The number of hydrogen-bond donors (Lipinski definition) is 0. The third kappa shape index (κ3) is 4.12. The Hall–Kier alpha value is -2.68. The van der Waals surface area contributed by atoms with Gasteiger partial charge in [0.05, 0.1) is 17.8 Å². The second kappa shape index (κ2) is 8.59. The maximum atomic E-state index is 12.9. The molecule has 0 aliphatic carbocycles. The van der Waals surface area contributed by atoms with Crippen LogP contribution in [0.25, 0.3) is 11.3 Å². The molecule has 7 nitrogen and oxygen atoms in total. The highest BCUT2D eigenvalue weighted by atomic mass is 35.5. The van der Waals surface area contributed by atoms with Crippen LogP contribution in [0, 0.1) is 0 Å². The molecule has 1 saturated heterocycles. The molecule has 156 valence electrons. The minimum Gasteiger partial charge on any atom is -0.497 e. The van der Waals surface area contributed by atoms with Gasteiger partial charge in [-0.05, 0) is 48.5 Å². The first-order valence-electron chi connectivity index (χ1n) is 9.47. The van der Waals surface area contributed by atoms with Crippen molar-refractivity contribution in [2.45, 2.75) is 4.90 Å². The number of methoxy groups -OCH3 is 1. The van der Waals surface area contributed by atoms with Gasteiger partial charge < -0.3 is 9.64 Å². The summed E-state index contributed by atoms with van der Waals surface area (Å²) in [4.78, 5) is 2.17. The van der Waals surface area contributed by atoms with Crippen LogP contribution >= 0.6 is 11.6 Å². The molecule has 0 atom stereocenters. The molecule has 0 radical (unpaired) electrons. The van der Waals surface area contributed by atoms with Crippen molar-refractivity contribution in [3.05, 3.63) is 65.7 Å². The van der Waals surface area contributed by atoms with Crippen LogP contribution in [0.4, 0.5) is 5.82 Å². The fourth-order valence-corrected chi connectivity index (χ4v) is 5.28. The van der Waals surface area contributed by atoms with Crippen molar-refractivity contribution < 1.29 is 13.2 Å². The molecule has 1 aromatic heterocycles. The molecule has 30 heavy (non-hydrogen) atoms. The number of anilines is 1. The van der Waals surface area contributed by atoms with E-state index in [1.807, 2.05) is 41.3 Å². The fraction of sp³-hybridized carbons (Fsp3) is 0.238. The summed E-state index contributed by atoms with van der Waals surface area (Å²) in [6.45, 7) is 1.77. The second-order valence-corrected chi connectivity index (χ2v) is 9.14. The van der Waals surface area contributed by atoms with Gasteiger partial charge in [0, 0.05) is 31.7 Å². The predicted molar refractivity (Wildman–Crippen MR) is 116 cm³/mol. The van der Waals surface area contributed by atoms with Crippen molar-refractivity contribution in [2.75, 3.05) is 38.2 Å². The molecule has 0 bridgehead atoms. The number of halogens is 1. The van der Waals surface area contributed by atoms with Crippen LogP contribution in [0.1, 0.15) is 0 Å². The summed E-state index contributed by atoms with van der Waals surface area (Å²) in [5, 5.41) is 8.90. The highest BCUT2D eigenvalue weighted by molar-refractivity contribution is 7.89. The Bertz CT molecular complexity index is 1110. The van der Waals surface area contributed by atoms with Crippen molar-refractivity contribution in [1.82, 2.24) is 14.5 Å². The van der Waals surface area contributed by atoms with E-state index in [0.717, 1.165) is 22.8 Å². The number of rotatable bonds is 5. The van der Waals surface area contributed by atoms with Gasteiger partial charge in [-0.25, -0.2) is 8.42 Å². The van der Waals surface area contributed by atoms with Gasteiger partial charge >= 0.3 is 0 Å². The minimum absolute atomic E-state index is 0.142. The van der Waals surface area contributed by atoms with Gasteiger partial charge in [0.15, 0.2) is 5.82 Å². The van der Waals surface area contributed by atoms with Crippen molar-refractivity contribution in [3.8, 4) is 17.0 Å². The molecule has 0 spiro atoms. The van der Waals surface area contributed by atoms with Crippen LogP contribution in [-0.2, 0) is 10.0 Å². The third-order valence-electron chi connectivity index (χ3n) is 5.05. The fourth-order valence-electron chi connectivity index (χ4n) is 3.36. The van der Waals surface area contributed by atoms with Crippen molar-refractivity contribution in [1.29, 1.82) is 0 Å². The van der Waals surface area contributed by atoms with Gasteiger partial charge in [-0.15, -0.1) is 10.2 Å². The Morgan fingerprint density at radius 3 is 2.20 bits per heavy atom. The largest absolute Gasteiger partial charge is 0.497 e. The van der Waals surface area contributed by atoms with Crippen LogP contribution < -0.4 is 9.64 Å². The summed E-state index contributed by atoms with van der Waals surface area (Å²) in [5.41, 5.74) is 1.71. The smallest absolute Gasteiger partial charge is 0.244 e. The van der Waals surface area contributed by atoms with E-state index in [-0.39, 0.29) is 9.92 Å². The summed E-state index contributed by atoms with van der Waals surface area (Å²) in [5.74, 6) is 1.51. The lowest BCUT2D eigenvalue weighted by molar-refractivity contribution is 0.383. The summed E-state index contributed by atoms with van der Waals surface area (Å²) in [6.07, 6.45) is 0. The number of aromatic nitrogens is 2. The van der Waals surface area contributed by atoms with Crippen molar-refractivity contribution in [2.24, 2.45) is 0 Å². The van der Waals surface area contributed by atoms with Gasteiger partial charge in [-0.3, -0.25) is 0 Å². The standard InChI is InChI=1S/C21H21ClN4O3S/c1-29-17-8-6-16(7-9-17)19-10-11-21(24-23-19)25-12-14-26(15-13-25)30(27,28)20-5-3-2-4-18(20)22/h2-11H,12-15H2,1H3. The minimum atomic E-state index is -3.62. The van der Waals surface area contributed by atoms with Gasteiger partial charge in [-0.2, -0.15) is 4.31 Å². The lowest BCUT2D eigenvalue weighted by atomic mass is 10.1. The number of hydrogen-bond acceptors (Lipinski definition) is 6. The van der Waals surface area contributed by atoms with Crippen LogP contribution in [0.5, 0.6) is 5.75 Å². The van der Waals surface area contributed by atoms with Crippen LogP contribution in [0.2, 0.25) is 5.02 Å². The number of nitrogens with zero attached hydrogens (tertiary/aromatic N) is 4. The molecule has 0 unspecified atom stereocenters. The van der Waals surface area contributed by atoms with E-state index in [1.54, 1.807) is 25.3 Å². The molecular weight excluding hydrogens is 424 g/mol. The first-order chi connectivity index (χ1) is 14.5. The maximum Gasteiger partial charge on any atom is 0.244 e. The molecule has 1 aliphatic rings. The van der Waals surface area contributed by atoms with E-state index in [1.165, 1.54) is 10.4 Å². The Kier molecular flexibility index (Phi) is 5.90. The molecule has 0 amide bonds. The predicted octanol–water partition coefficient (Wildman–Crippen LogP) is 3.32. The van der Waals surface area contributed by atoms with E-state index in [0.29, 0.717) is 26.2 Å². The zero-order valence-corrected chi connectivity index (χ0v) is 18.0. The third-order valence-corrected chi connectivity index (χ3v) is 7.45. The lowest BCUT2D eigenvalue weighted by Gasteiger charge is -2.34. The van der Waals surface area contributed by atoms with E-state index < -0.39 is 10.0 Å². The first-order valence-corrected chi connectivity index (χ1v) is 11.3. The topological polar surface area (TPSA) is 75.6 Å². The molecule has 4 rings (SSSR count). The molecule has 2 heterocycles. The molecule has 1 fully saturated rings. The van der Waals surface area contributed by atoms with Gasteiger partial charge in [0.25, 0.3) is 0 Å². The second-order valence-electron chi connectivity index (χ2n) is 6.83. The number of benzene rings is 2. The Labute approximate surface area is 180 Å². The molecule has 9 heteroatoms. The first kappa shape index (κ1) is 20.6. The Morgan fingerprint density at radius 2 is 1.60 bits per heavy atom. The highest BCUT2D eigenvalue weighted by Crippen LogP contribution is 2.26. The lowest BCUT2D eigenvalue weighted by Crippen LogP contribution is -2.49. The van der Waals surface area contributed by atoms with Crippen molar-refractivity contribution in [3.63, 3.8) is 0 Å². The molecule has 2 aromatic carbocycles. The van der Waals surface area contributed by atoms with Crippen LogP contribution in [0.3, 0.4) is 0 Å². The van der Waals surface area contributed by atoms with Crippen LogP contribution in [-0.4, -0.2) is 56.2 Å². The van der Waals surface area contributed by atoms with Crippen LogP contribution in [0.15, 0.2) is 65.6 Å². The SMILES string of the molecule is COc1ccc(-c2ccc(N3CCN(S(=O)(=O)c4ccccc4Cl)CC3)nn2)cc1. The van der Waals surface area contributed by atoms with Gasteiger partial charge in [0.2, 0.25) is 10.0 Å². The van der Waals surface area contributed by atoms with Gasteiger partial charge in [0.1, 0.15) is 10.6 Å². The average molecular weight is 445 g/mol. The zero-order valence-electron chi connectivity index (χ0n) is 16.4. The molecule has 3 aromatic rings. The monoisotopic (exact) mass is 444 g/mol. The summed E-state index contributed by atoms with van der Waals surface area (Å²) in [7, 11) is -1.99. The number of piperazine rings is 1. The molecule has 0 saturated carbocycles. The van der Waals surface area contributed by atoms with E-state index >= 15 is 0 Å². The average Bonchev–Trinajstić information content (AvgIpc) is 2.79. The Morgan fingerprint density at radius 1 is 0.900 bits per heavy atom. The Balaban J connectivity index is 1.43. The zero-order chi connectivity index (χ0) is 21.1. The molecular formula is C21H21ClN4O3S. The van der Waals surface area contributed by atoms with Gasteiger partial charge in [-0.1, -0.05) is 23.7 Å². The van der Waals surface area contributed by atoms with E-state index in [2.05, 4.69) is 10.2 Å². The summed E-state index contributed by atoms with van der Waals surface area (Å²) < 4.78 is 32.4. The maximum absolute atomic E-state index is 12.9. The number of ether oxygens (including phenoxy) is 1. The molecule has 1 aliphatic heterocycles. The molecule has 0 N–H and O–H groups in total. The quantitative estimate of drug-likeness (QED) is 0.601. The summed E-state index contributed by atoms with van der Waals surface area (Å²) in [6, 6.07) is 18.0. The highest BCUT2D eigenvalue weighted by Gasteiger charge is 2.30. The summed E-state index contributed by atoms with van der Waals surface area (Å²) >= 11 is 6.09. The van der Waals surface area contributed by atoms with E-state index in [9.17, 15) is 8.42 Å². The van der Waals surface area contributed by atoms with Crippen molar-refractivity contribution >= 4 is 27.4 Å². The number of sulfonamides is 1. The normalized spacial score (nSPS) is 15.2.